The van der Waals surface area contributed by atoms with Crippen LogP contribution in [0.2, 0.25) is 0 Å². The summed E-state index contributed by atoms with van der Waals surface area (Å²) < 4.78 is 38.2. The Labute approximate surface area is 96.3 Å². The van der Waals surface area contributed by atoms with E-state index in [0.29, 0.717) is 0 Å². The van der Waals surface area contributed by atoms with Crippen molar-refractivity contribution in [3.63, 3.8) is 0 Å². The number of hydrogen-bond acceptors (Lipinski definition) is 4. The van der Waals surface area contributed by atoms with E-state index in [1.807, 2.05) is 6.07 Å². The van der Waals surface area contributed by atoms with Crippen LogP contribution in [0.5, 0.6) is 0 Å². The molecule has 0 amide bonds. The van der Waals surface area contributed by atoms with Crippen LogP contribution in [-0.4, -0.2) is 29.3 Å². The van der Waals surface area contributed by atoms with Crippen molar-refractivity contribution >= 4 is 5.84 Å². The maximum absolute atomic E-state index is 12.7. The predicted molar refractivity (Wildman–Crippen MR) is 56.4 cm³/mol. The summed E-state index contributed by atoms with van der Waals surface area (Å²) in [5.74, 6) is -0.0776. The minimum atomic E-state index is -4.48. The normalized spacial score (nSPS) is 16.9. The molecule has 92 valence electrons. The molecule has 0 saturated heterocycles. The van der Waals surface area contributed by atoms with Gasteiger partial charge in [-0.05, 0) is 5.56 Å². The van der Waals surface area contributed by atoms with Gasteiger partial charge in [0.25, 0.3) is 0 Å². The van der Waals surface area contributed by atoms with Gasteiger partial charge in [-0.15, -0.1) is 23.4 Å². The van der Waals surface area contributed by atoms with Crippen molar-refractivity contribution in [1.82, 2.24) is 15.7 Å². The number of halogens is 3. The fraction of sp³-hybridized carbons (Fsp3) is 0.300. The van der Waals surface area contributed by atoms with Gasteiger partial charge in [0.15, 0.2) is 5.84 Å². The number of nitrogens with zero attached hydrogens (tertiary/aromatic N) is 3. The molecule has 0 aromatic heterocycles. The highest BCUT2D eigenvalue weighted by Gasteiger charge is 2.45. The molecule has 0 aliphatic carbocycles. The molecule has 1 aliphatic rings. The molecule has 7 heteroatoms. The van der Waals surface area contributed by atoms with Crippen LogP contribution in [0.3, 0.4) is 0 Å². The van der Waals surface area contributed by atoms with E-state index in [9.17, 15) is 13.2 Å². The summed E-state index contributed by atoms with van der Waals surface area (Å²) in [6.07, 6.45) is -4.36. The molecule has 0 saturated carbocycles. The highest BCUT2D eigenvalue weighted by Crippen LogP contribution is 2.25. The molecule has 4 nitrogen and oxygen atoms in total. The van der Waals surface area contributed by atoms with E-state index in [-0.39, 0.29) is 17.3 Å². The van der Waals surface area contributed by atoms with Crippen molar-refractivity contribution in [3.8, 4) is 0 Å². The maximum Gasteiger partial charge on any atom is 0.501 e. The highest BCUT2D eigenvalue weighted by molar-refractivity contribution is 5.85. The van der Waals surface area contributed by atoms with Crippen LogP contribution in [-0.2, 0) is 6.42 Å². The molecule has 0 fully saturated rings. The number of nitrogens with one attached hydrogen (secondary N) is 1. The topological polar surface area (TPSA) is 30.9 Å². The van der Waals surface area contributed by atoms with Crippen LogP contribution in [0.25, 0.3) is 0 Å². The Bertz CT molecular complexity index is 415. The van der Waals surface area contributed by atoms with Gasteiger partial charge >= 0.3 is 6.30 Å². The zero-order chi connectivity index (χ0) is 12.5. The predicted octanol–water partition coefficient (Wildman–Crippen LogP) is 1.73. The second kappa shape index (κ2) is 4.25. The molecule has 0 spiro atoms. The van der Waals surface area contributed by atoms with E-state index >= 15 is 0 Å². The molecule has 1 aromatic rings. The van der Waals surface area contributed by atoms with Crippen molar-refractivity contribution in [2.24, 2.45) is 5.10 Å². The van der Waals surface area contributed by atoms with E-state index < -0.39 is 6.30 Å². The van der Waals surface area contributed by atoms with E-state index in [1.165, 1.54) is 7.05 Å². The van der Waals surface area contributed by atoms with Crippen LogP contribution in [0.15, 0.2) is 35.4 Å². The number of hydrazine groups is 2. The van der Waals surface area contributed by atoms with Crippen molar-refractivity contribution in [1.29, 1.82) is 0 Å². The lowest BCUT2D eigenvalue weighted by molar-refractivity contribution is -0.278. The quantitative estimate of drug-likeness (QED) is 0.804. The number of amidine groups is 1. The number of hydrazone groups is 1. The van der Waals surface area contributed by atoms with Gasteiger partial charge in [-0.2, -0.15) is 5.01 Å². The Balaban J connectivity index is 2.16. The lowest BCUT2D eigenvalue weighted by atomic mass is 10.1. The van der Waals surface area contributed by atoms with Crippen LogP contribution in [0.1, 0.15) is 5.56 Å². The summed E-state index contributed by atoms with van der Waals surface area (Å²) in [6, 6.07) is 8.89. The van der Waals surface area contributed by atoms with Gasteiger partial charge in [0.2, 0.25) is 0 Å². The van der Waals surface area contributed by atoms with Gasteiger partial charge < -0.3 is 0 Å². The standard InChI is InChI=1S/C10H11F3N4/c1-16-15-14-9(17(16)10(11,12)13)7-8-5-3-2-4-6-8/h2-6,15H,7H2,1H3. The van der Waals surface area contributed by atoms with Gasteiger partial charge in [0, 0.05) is 13.5 Å². The Morgan fingerprint density at radius 2 is 1.88 bits per heavy atom. The molecule has 1 heterocycles. The molecule has 0 atom stereocenters. The van der Waals surface area contributed by atoms with Gasteiger partial charge in [0.05, 0.1) is 0 Å². The summed E-state index contributed by atoms with van der Waals surface area (Å²) in [6.45, 7) is 0. The lowest BCUT2D eigenvalue weighted by Gasteiger charge is -2.27. The average molecular weight is 244 g/mol. The Morgan fingerprint density at radius 1 is 1.24 bits per heavy atom. The number of alkyl halides is 3. The van der Waals surface area contributed by atoms with E-state index in [4.69, 9.17) is 0 Å². The first-order valence-electron chi connectivity index (χ1n) is 4.95. The van der Waals surface area contributed by atoms with Crippen molar-refractivity contribution in [2.45, 2.75) is 12.7 Å². The van der Waals surface area contributed by atoms with Crippen LogP contribution in [0, 0.1) is 0 Å². The zero-order valence-corrected chi connectivity index (χ0v) is 9.07. The third kappa shape index (κ3) is 2.50. The summed E-state index contributed by atoms with van der Waals surface area (Å²) >= 11 is 0. The summed E-state index contributed by atoms with van der Waals surface area (Å²) in [7, 11) is 1.26. The second-order valence-electron chi connectivity index (χ2n) is 3.59. The van der Waals surface area contributed by atoms with Gasteiger partial charge in [-0.3, -0.25) is 0 Å². The number of rotatable bonds is 2. The fourth-order valence-electron chi connectivity index (χ4n) is 1.60. The first-order valence-corrected chi connectivity index (χ1v) is 4.95. The number of benzene rings is 1. The minimum Gasteiger partial charge on any atom is -0.220 e. The average Bonchev–Trinajstić information content (AvgIpc) is 2.60. The molecular weight excluding hydrogens is 233 g/mol. The first-order chi connectivity index (χ1) is 7.98. The SMILES string of the molecule is CN1NN=C(Cc2ccccc2)N1C(F)(F)F. The van der Waals surface area contributed by atoms with Crippen molar-refractivity contribution in [2.75, 3.05) is 7.05 Å². The lowest BCUT2D eigenvalue weighted by Crippen LogP contribution is -2.51. The first kappa shape index (κ1) is 11.7. The fourth-order valence-corrected chi connectivity index (χ4v) is 1.60. The molecule has 17 heavy (non-hydrogen) atoms. The molecule has 1 aliphatic heterocycles. The van der Waals surface area contributed by atoms with E-state index in [1.54, 1.807) is 24.3 Å². The summed E-state index contributed by atoms with van der Waals surface area (Å²) in [4.78, 5) is 0. The minimum absolute atomic E-state index is 0.0776. The van der Waals surface area contributed by atoms with Crippen molar-refractivity contribution in [3.05, 3.63) is 35.9 Å². The molecule has 0 unspecified atom stereocenters. The van der Waals surface area contributed by atoms with Crippen molar-refractivity contribution < 1.29 is 13.2 Å². The largest absolute Gasteiger partial charge is 0.501 e. The monoisotopic (exact) mass is 244 g/mol. The third-order valence-corrected chi connectivity index (χ3v) is 2.31. The molecule has 1 aromatic carbocycles. The second-order valence-corrected chi connectivity index (χ2v) is 3.59. The molecule has 2 rings (SSSR count). The van der Waals surface area contributed by atoms with Crippen LogP contribution in [0.4, 0.5) is 13.2 Å². The van der Waals surface area contributed by atoms with E-state index in [0.717, 1.165) is 10.7 Å². The molecule has 0 radical (unpaired) electrons. The smallest absolute Gasteiger partial charge is 0.220 e. The summed E-state index contributed by atoms with van der Waals surface area (Å²) in [5, 5.41) is 4.64. The Morgan fingerprint density at radius 3 is 2.47 bits per heavy atom. The van der Waals surface area contributed by atoms with Crippen LogP contribution < -0.4 is 5.53 Å². The molecular formula is C10H11F3N4. The van der Waals surface area contributed by atoms with Gasteiger partial charge in [-0.1, -0.05) is 30.3 Å². The molecule has 1 N–H and O–H groups in total. The van der Waals surface area contributed by atoms with E-state index in [2.05, 4.69) is 10.6 Å². The van der Waals surface area contributed by atoms with Gasteiger partial charge in [0.1, 0.15) is 0 Å². The third-order valence-electron chi connectivity index (χ3n) is 2.31. The highest BCUT2D eigenvalue weighted by atomic mass is 19.4. The zero-order valence-electron chi connectivity index (χ0n) is 9.07. The Hall–Kier alpha value is -1.76. The van der Waals surface area contributed by atoms with Gasteiger partial charge in [-0.25, -0.2) is 5.53 Å². The Kier molecular flexibility index (Phi) is 2.93. The number of hydrogen-bond donors (Lipinski definition) is 1. The molecule has 0 bridgehead atoms. The summed E-state index contributed by atoms with van der Waals surface area (Å²) in [5.41, 5.74) is 3.05. The van der Waals surface area contributed by atoms with Crippen LogP contribution >= 0.6 is 0 Å². The maximum atomic E-state index is 12.7.